The smallest absolute Gasteiger partial charge is 0.187 e. The van der Waals surface area contributed by atoms with Crippen LogP contribution in [0.5, 0.6) is 0 Å². The summed E-state index contributed by atoms with van der Waals surface area (Å²) >= 11 is 0. The van der Waals surface area contributed by atoms with Gasteiger partial charge in [-0.25, -0.2) is 0 Å². The van der Waals surface area contributed by atoms with Gasteiger partial charge >= 0.3 is 0 Å². The summed E-state index contributed by atoms with van der Waals surface area (Å²) in [6, 6.07) is -3.89. The third-order valence-corrected chi connectivity index (χ3v) is 10.9. The second-order valence-corrected chi connectivity index (χ2v) is 14.9. The van der Waals surface area contributed by atoms with Gasteiger partial charge in [0.05, 0.1) is 49.7 Å². The van der Waals surface area contributed by atoms with Crippen LogP contribution in [0.3, 0.4) is 0 Å². The van der Waals surface area contributed by atoms with Crippen molar-refractivity contribution in [2.45, 2.75) is 148 Å². The Labute approximate surface area is 305 Å². The number of aliphatic hydroxyl groups excluding tert-OH is 8. The molecule has 22 nitrogen and oxygen atoms in total. The van der Waals surface area contributed by atoms with Crippen LogP contribution >= 0.6 is 0 Å². The molecule has 3 aliphatic heterocycles. The Bertz CT molecular complexity index is 1200. The highest BCUT2D eigenvalue weighted by molar-refractivity contribution is 5.91. The lowest BCUT2D eigenvalue weighted by molar-refractivity contribution is -0.299. The van der Waals surface area contributed by atoms with Gasteiger partial charge in [0.15, 0.2) is 24.7 Å². The van der Waals surface area contributed by atoms with E-state index in [0.717, 1.165) is 0 Å². The minimum Gasteiger partial charge on any atom is -0.394 e. The first kappa shape index (κ1) is 43.0. The largest absolute Gasteiger partial charge is 0.394 e. The quantitative estimate of drug-likeness (QED) is 0.0692. The molecule has 308 valence electrons. The minimum atomic E-state index is -1.73. The van der Waals surface area contributed by atoms with Crippen LogP contribution in [0.1, 0.15) is 25.7 Å². The first-order valence-electron chi connectivity index (χ1n) is 18.0. The van der Waals surface area contributed by atoms with E-state index in [9.17, 15) is 45.6 Å². The molecule has 3 saturated heterocycles. The molecule has 0 amide bonds. The average Bonchev–Trinajstić information content (AvgIpc) is 3.65. The maximum Gasteiger partial charge on any atom is 0.187 e. The zero-order valence-electron chi connectivity index (χ0n) is 29.2. The molecule has 22 heteroatoms. The molecule has 2 aliphatic carbocycles. The summed E-state index contributed by atoms with van der Waals surface area (Å²) in [4.78, 5) is 13.0. The molecule has 20 N–H and O–H groups in total. The van der Waals surface area contributed by atoms with Gasteiger partial charge in [-0.05, 0) is 18.8 Å². The fourth-order valence-corrected chi connectivity index (χ4v) is 7.43. The van der Waals surface area contributed by atoms with E-state index >= 15 is 0 Å². The summed E-state index contributed by atoms with van der Waals surface area (Å²) in [5.74, 6) is -1.48. The molecule has 5 rings (SSSR count). The van der Waals surface area contributed by atoms with Gasteiger partial charge in [0, 0.05) is 44.6 Å². The number of Topliss-reactive ketones (excluding diaryl/α,β-unsaturated/α-hetero) is 1. The molecule has 5 aliphatic rings. The molecule has 2 saturated carbocycles. The van der Waals surface area contributed by atoms with Crippen molar-refractivity contribution in [2.75, 3.05) is 32.8 Å². The SMILES string of the molecule is NC[C@@H]1O[C@H](O[C@H]2[C@@H](O)[C@H](O[C@@H]3[C@@H](O)[C@H](CC(=O)C4(O)CC4N)C[C@H](N)[C@H]3O[C@H]3O[C@H](CNCC(O)CO)[C@@H](O)C[C@H]3N)O[C@@H]2CO)[C@H](N)[C@@H](O)[C@@H]1O. The van der Waals surface area contributed by atoms with Crippen LogP contribution in [0.25, 0.3) is 0 Å². The molecule has 3 heterocycles. The Morgan fingerprint density at radius 1 is 0.792 bits per heavy atom. The maximum absolute atomic E-state index is 13.0. The van der Waals surface area contributed by atoms with Crippen molar-refractivity contribution in [3.63, 3.8) is 0 Å². The van der Waals surface area contributed by atoms with Gasteiger partial charge in [-0.3, -0.25) is 4.79 Å². The predicted octanol–water partition coefficient (Wildman–Crippen LogP) is -9.17. The van der Waals surface area contributed by atoms with Crippen molar-refractivity contribution in [1.29, 1.82) is 0 Å². The summed E-state index contributed by atoms with van der Waals surface area (Å²) in [6.45, 7) is -1.32. The standard InChI is InChI=1S/C31H58N6O16/c32-5-15-22(44)23(45)20(36)29(48-15)52-26-17(9-39)50-30(24(26)46)53-27-21(43)10(2-19(42)31(47)4-18(31)35)1-12(33)25(27)51-28-13(34)3-14(41)16(49-28)7-37-6-11(40)8-38/h10-18,20-30,37-41,43-47H,1-9,32-36H2/t10-,11?,12-,13+,14-,15-,16+,17+,18?,20+,21-,22+,23+,24+,25+,26+,27+,28+,29+,30-,31?/m0/s1. The van der Waals surface area contributed by atoms with Gasteiger partial charge in [-0.15, -0.1) is 0 Å². The molecule has 0 radical (unpaired) electrons. The first-order chi connectivity index (χ1) is 25.0. The van der Waals surface area contributed by atoms with Crippen molar-refractivity contribution < 1.29 is 79.2 Å². The van der Waals surface area contributed by atoms with Crippen LogP contribution in [0, 0.1) is 5.92 Å². The predicted molar refractivity (Wildman–Crippen MR) is 177 cm³/mol. The fourth-order valence-electron chi connectivity index (χ4n) is 7.43. The highest BCUT2D eigenvalue weighted by Crippen LogP contribution is 2.41. The maximum atomic E-state index is 13.0. The number of nitrogens with one attached hydrogen (secondary N) is 1. The number of ether oxygens (including phenoxy) is 6. The van der Waals surface area contributed by atoms with Gasteiger partial charge in [0.25, 0.3) is 0 Å². The van der Waals surface area contributed by atoms with Crippen molar-refractivity contribution in [3.05, 3.63) is 0 Å². The molecule has 0 aromatic carbocycles. The normalized spacial score (nSPS) is 49.5. The average molecular weight is 771 g/mol. The first-order valence-corrected chi connectivity index (χ1v) is 18.0. The highest BCUT2D eigenvalue weighted by Gasteiger charge is 2.59. The monoisotopic (exact) mass is 770 g/mol. The third-order valence-electron chi connectivity index (χ3n) is 10.9. The number of carbonyl (C=O) groups excluding carboxylic acids is 1. The van der Waals surface area contributed by atoms with E-state index in [4.69, 9.17) is 62.2 Å². The van der Waals surface area contributed by atoms with Crippen LogP contribution in [0.15, 0.2) is 0 Å². The Balaban J connectivity index is 1.34. The van der Waals surface area contributed by atoms with Gasteiger partial charge in [-0.2, -0.15) is 0 Å². The van der Waals surface area contributed by atoms with E-state index in [1.54, 1.807) is 0 Å². The summed E-state index contributed by atoms with van der Waals surface area (Å²) in [6.07, 6.45) is -19.9. The van der Waals surface area contributed by atoms with Crippen LogP contribution in [0.2, 0.25) is 0 Å². The minimum absolute atomic E-state index is 0.00381. The molecule has 5 fully saturated rings. The Hall–Kier alpha value is -1.17. The van der Waals surface area contributed by atoms with Crippen molar-refractivity contribution in [1.82, 2.24) is 5.32 Å². The molecular weight excluding hydrogens is 712 g/mol. The number of rotatable bonds is 16. The van der Waals surface area contributed by atoms with Crippen LogP contribution < -0.4 is 34.0 Å². The Morgan fingerprint density at radius 2 is 1.42 bits per heavy atom. The number of nitrogens with two attached hydrogens (primary N) is 5. The lowest BCUT2D eigenvalue weighted by Crippen LogP contribution is -2.64. The number of hydrogen-bond donors (Lipinski definition) is 15. The molecule has 0 aromatic heterocycles. The van der Waals surface area contributed by atoms with Gasteiger partial charge < -0.3 is 108 Å². The topological polar surface area (TPSA) is 397 Å². The van der Waals surface area contributed by atoms with E-state index in [2.05, 4.69) is 5.32 Å². The molecule has 0 bridgehead atoms. The second-order valence-electron chi connectivity index (χ2n) is 14.9. The van der Waals surface area contributed by atoms with Crippen LogP contribution in [0.4, 0.5) is 0 Å². The summed E-state index contributed by atoms with van der Waals surface area (Å²) < 4.78 is 35.7. The lowest BCUT2D eigenvalue weighted by atomic mass is 9.76. The lowest BCUT2D eigenvalue weighted by Gasteiger charge is -2.47. The molecule has 3 unspecified atom stereocenters. The van der Waals surface area contributed by atoms with E-state index in [-0.39, 0.29) is 45.3 Å². The summed E-state index contributed by atoms with van der Waals surface area (Å²) in [7, 11) is 0. The van der Waals surface area contributed by atoms with Crippen molar-refractivity contribution >= 4 is 5.78 Å². The van der Waals surface area contributed by atoms with Crippen molar-refractivity contribution in [2.24, 2.45) is 34.6 Å². The van der Waals surface area contributed by atoms with Crippen LogP contribution in [-0.4, -0.2) is 206 Å². The van der Waals surface area contributed by atoms with Gasteiger partial charge in [-0.1, -0.05) is 0 Å². The molecule has 0 spiro atoms. The van der Waals surface area contributed by atoms with E-state index in [1.165, 1.54) is 0 Å². The number of hydrogen-bond acceptors (Lipinski definition) is 22. The van der Waals surface area contributed by atoms with E-state index < -0.39 is 147 Å². The number of aliphatic hydroxyl groups is 9. The zero-order chi connectivity index (χ0) is 38.9. The van der Waals surface area contributed by atoms with Crippen molar-refractivity contribution in [3.8, 4) is 0 Å². The zero-order valence-corrected chi connectivity index (χ0v) is 29.2. The fraction of sp³-hybridized carbons (Fsp3) is 0.968. The van der Waals surface area contributed by atoms with Gasteiger partial charge in [0.1, 0.15) is 54.4 Å². The molecule has 53 heavy (non-hydrogen) atoms. The molecular formula is C31H58N6O16. The van der Waals surface area contributed by atoms with E-state index in [0.29, 0.717) is 0 Å². The number of ketones is 1. The second kappa shape index (κ2) is 18.0. The summed E-state index contributed by atoms with van der Waals surface area (Å²) in [5, 5.41) is 96.8. The summed E-state index contributed by atoms with van der Waals surface area (Å²) in [5.41, 5.74) is 28.7. The third kappa shape index (κ3) is 9.35. The highest BCUT2D eigenvalue weighted by atomic mass is 16.8. The Kier molecular flexibility index (Phi) is 14.6. The molecule has 21 atom stereocenters. The van der Waals surface area contributed by atoms with Crippen LogP contribution in [-0.2, 0) is 33.2 Å². The molecule has 0 aromatic rings. The Morgan fingerprint density at radius 3 is 2.04 bits per heavy atom. The number of carbonyl (C=O) groups is 1. The van der Waals surface area contributed by atoms with E-state index in [1.807, 2.05) is 0 Å². The van der Waals surface area contributed by atoms with Gasteiger partial charge in [0.2, 0.25) is 0 Å².